The summed E-state index contributed by atoms with van der Waals surface area (Å²) in [6.45, 7) is 5.29. The zero-order valence-electron chi connectivity index (χ0n) is 12.6. The minimum absolute atomic E-state index is 0.0573. The summed E-state index contributed by atoms with van der Waals surface area (Å²) in [6, 6.07) is 4.09. The number of β-amino-alcohol motifs (C(OH)–C–C–N with tert-alkyl or cyclic N) is 1. The molecule has 1 spiro atoms. The predicted octanol–water partition coefficient (Wildman–Crippen LogP) is 2.39. The Morgan fingerprint density at radius 1 is 1.50 bits per heavy atom. The molecule has 3 unspecified atom stereocenters. The molecule has 3 rings (SSSR count). The molecule has 22 heavy (non-hydrogen) atoms. The van der Waals surface area contributed by atoms with Crippen molar-refractivity contribution in [3.63, 3.8) is 0 Å². The molecule has 2 fully saturated rings. The maximum absolute atomic E-state index is 13.1. The molecule has 2 aliphatic heterocycles. The van der Waals surface area contributed by atoms with Crippen LogP contribution in [0.4, 0.5) is 4.39 Å². The fourth-order valence-corrected chi connectivity index (χ4v) is 3.61. The molecule has 0 saturated carbocycles. The number of halogens is 2. The molecular formula is C16H21ClFNO3. The Morgan fingerprint density at radius 2 is 2.32 bits per heavy atom. The molecule has 2 heterocycles. The highest BCUT2D eigenvalue weighted by molar-refractivity contribution is 6.31. The zero-order chi connectivity index (χ0) is 15.7. The van der Waals surface area contributed by atoms with Crippen molar-refractivity contribution in [1.29, 1.82) is 0 Å². The molecule has 0 bridgehead atoms. The fraction of sp³-hybridized carbons (Fsp3) is 0.625. The van der Waals surface area contributed by atoms with E-state index in [4.69, 9.17) is 21.1 Å². The van der Waals surface area contributed by atoms with Gasteiger partial charge >= 0.3 is 0 Å². The summed E-state index contributed by atoms with van der Waals surface area (Å²) in [5.41, 5.74) is 0.282. The van der Waals surface area contributed by atoms with E-state index in [9.17, 15) is 9.50 Å². The van der Waals surface area contributed by atoms with Crippen molar-refractivity contribution in [3.05, 3.63) is 34.6 Å². The van der Waals surface area contributed by atoms with E-state index < -0.39 is 11.9 Å². The summed E-state index contributed by atoms with van der Waals surface area (Å²) in [4.78, 5) is 2.17. The van der Waals surface area contributed by atoms with Gasteiger partial charge in [0.1, 0.15) is 11.4 Å². The van der Waals surface area contributed by atoms with Gasteiger partial charge in [0.15, 0.2) is 0 Å². The van der Waals surface area contributed by atoms with Gasteiger partial charge in [-0.15, -0.1) is 0 Å². The second kappa shape index (κ2) is 6.42. The third kappa shape index (κ3) is 3.14. The number of aliphatic hydroxyl groups is 1. The predicted molar refractivity (Wildman–Crippen MR) is 81.5 cm³/mol. The molecule has 122 valence electrons. The Kier molecular flexibility index (Phi) is 4.71. The van der Waals surface area contributed by atoms with Crippen LogP contribution in [0.25, 0.3) is 0 Å². The lowest BCUT2D eigenvalue weighted by Crippen LogP contribution is -2.56. The van der Waals surface area contributed by atoms with Crippen LogP contribution in [0.2, 0.25) is 5.02 Å². The number of morpholine rings is 1. The number of ether oxygens (including phenoxy) is 2. The average Bonchev–Trinajstić information content (AvgIpc) is 2.79. The molecular weight excluding hydrogens is 309 g/mol. The van der Waals surface area contributed by atoms with Gasteiger partial charge in [0.05, 0.1) is 18.8 Å². The standard InChI is InChI=1S/C16H21ClFNO3/c1-11-16(4-6-21-11)10-19(5-7-22-16)9-15(20)13-3-2-12(18)8-14(13)17/h2-3,8,11,15,20H,4-7,9-10H2,1H3. The summed E-state index contributed by atoms with van der Waals surface area (Å²) in [7, 11) is 0. The molecule has 2 aliphatic rings. The summed E-state index contributed by atoms with van der Waals surface area (Å²) < 4.78 is 24.7. The molecule has 0 aliphatic carbocycles. The van der Waals surface area contributed by atoms with Gasteiger partial charge in [-0.25, -0.2) is 4.39 Å². The Hall–Kier alpha value is -0.720. The SMILES string of the molecule is CC1OCCC12CN(CC(O)c1ccc(F)cc1Cl)CCO2. The molecule has 2 saturated heterocycles. The topological polar surface area (TPSA) is 41.9 Å². The van der Waals surface area contributed by atoms with Gasteiger partial charge in [-0.05, 0) is 19.1 Å². The van der Waals surface area contributed by atoms with E-state index in [1.807, 2.05) is 6.92 Å². The van der Waals surface area contributed by atoms with Crippen LogP contribution in [0.3, 0.4) is 0 Å². The molecule has 0 aromatic heterocycles. The van der Waals surface area contributed by atoms with E-state index >= 15 is 0 Å². The second-order valence-electron chi connectivity index (χ2n) is 6.09. The first-order valence-corrected chi connectivity index (χ1v) is 7.99. The van der Waals surface area contributed by atoms with Crippen molar-refractivity contribution < 1.29 is 19.0 Å². The van der Waals surface area contributed by atoms with Crippen molar-refractivity contribution in [2.45, 2.75) is 31.2 Å². The molecule has 4 nitrogen and oxygen atoms in total. The highest BCUT2D eigenvalue weighted by atomic mass is 35.5. The van der Waals surface area contributed by atoms with Gasteiger partial charge in [0, 0.05) is 43.2 Å². The maximum atomic E-state index is 13.1. The highest BCUT2D eigenvalue weighted by Crippen LogP contribution is 2.34. The molecule has 0 radical (unpaired) electrons. The summed E-state index contributed by atoms with van der Waals surface area (Å²) >= 11 is 6.02. The van der Waals surface area contributed by atoms with E-state index in [-0.39, 0.29) is 16.7 Å². The minimum atomic E-state index is -0.749. The van der Waals surface area contributed by atoms with Crippen LogP contribution in [0.5, 0.6) is 0 Å². The van der Waals surface area contributed by atoms with Crippen molar-refractivity contribution in [3.8, 4) is 0 Å². The maximum Gasteiger partial charge on any atom is 0.124 e. The normalized spacial score (nSPS) is 30.8. The molecule has 1 N–H and O–H groups in total. The van der Waals surface area contributed by atoms with Crippen LogP contribution < -0.4 is 0 Å². The van der Waals surface area contributed by atoms with Crippen molar-refractivity contribution in [2.24, 2.45) is 0 Å². The summed E-state index contributed by atoms with van der Waals surface area (Å²) in [6.07, 6.45) is 0.181. The minimum Gasteiger partial charge on any atom is -0.387 e. The average molecular weight is 330 g/mol. The fourth-order valence-electron chi connectivity index (χ4n) is 3.31. The van der Waals surface area contributed by atoms with E-state index in [2.05, 4.69) is 4.90 Å². The van der Waals surface area contributed by atoms with Crippen LogP contribution in [0, 0.1) is 5.82 Å². The van der Waals surface area contributed by atoms with E-state index in [0.29, 0.717) is 25.3 Å². The lowest BCUT2D eigenvalue weighted by Gasteiger charge is -2.42. The Bertz CT molecular complexity index is 544. The summed E-state index contributed by atoms with van der Waals surface area (Å²) in [5.74, 6) is -0.400. The number of hydrogen-bond donors (Lipinski definition) is 1. The van der Waals surface area contributed by atoms with Crippen LogP contribution in [-0.4, -0.2) is 54.6 Å². The van der Waals surface area contributed by atoms with Gasteiger partial charge in [0.25, 0.3) is 0 Å². The Balaban J connectivity index is 1.67. The van der Waals surface area contributed by atoms with Gasteiger partial charge in [-0.2, -0.15) is 0 Å². The molecule has 0 amide bonds. The molecule has 1 aromatic rings. The van der Waals surface area contributed by atoms with E-state index in [0.717, 1.165) is 19.5 Å². The summed E-state index contributed by atoms with van der Waals surface area (Å²) in [5, 5.41) is 10.7. The molecule has 1 aromatic carbocycles. The van der Waals surface area contributed by atoms with Gasteiger partial charge in [0.2, 0.25) is 0 Å². The third-order valence-corrected chi connectivity index (χ3v) is 5.00. The van der Waals surface area contributed by atoms with Crippen LogP contribution in [-0.2, 0) is 9.47 Å². The van der Waals surface area contributed by atoms with Gasteiger partial charge < -0.3 is 14.6 Å². The lowest BCUT2D eigenvalue weighted by atomic mass is 9.93. The van der Waals surface area contributed by atoms with Crippen LogP contribution in [0.15, 0.2) is 18.2 Å². The first-order chi connectivity index (χ1) is 10.5. The monoisotopic (exact) mass is 329 g/mol. The number of hydrogen-bond acceptors (Lipinski definition) is 4. The Labute approximate surface area is 134 Å². The number of benzene rings is 1. The largest absolute Gasteiger partial charge is 0.387 e. The van der Waals surface area contributed by atoms with Crippen LogP contribution in [0.1, 0.15) is 25.0 Å². The smallest absolute Gasteiger partial charge is 0.124 e. The Morgan fingerprint density at radius 3 is 3.00 bits per heavy atom. The highest BCUT2D eigenvalue weighted by Gasteiger charge is 2.46. The van der Waals surface area contributed by atoms with Gasteiger partial charge in [-0.3, -0.25) is 4.90 Å². The van der Waals surface area contributed by atoms with Crippen molar-refractivity contribution in [1.82, 2.24) is 4.90 Å². The first-order valence-electron chi connectivity index (χ1n) is 7.61. The lowest BCUT2D eigenvalue weighted by molar-refractivity contribution is -0.139. The van der Waals surface area contributed by atoms with E-state index in [1.165, 1.54) is 12.1 Å². The van der Waals surface area contributed by atoms with Crippen LogP contribution >= 0.6 is 11.6 Å². The second-order valence-corrected chi connectivity index (χ2v) is 6.50. The zero-order valence-corrected chi connectivity index (χ0v) is 13.4. The number of nitrogens with zero attached hydrogens (tertiary/aromatic N) is 1. The van der Waals surface area contributed by atoms with E-state index in [1.54, 1.807) is 6.07 Å². The van der Waals surface area contributed by atoms with Gasteiger partial charge in [-0.1, -0.05) is 17.7 Å². The number of aliphatic hydroxyl groups excluding tert-OH is 1. The number of rotatable bonds is 3. The van der Waals surface area contributed by atoms with Crippen molar-refractivity contribution in [2.75, 3.05) is 32.8 Å². The first kappa shape index (κ1) is 16.1. The quantitative estimate of drug-likeness (QED) is 0.924. The van der Waals surface area contributed by atoms with Crippen molar-refractivity contribution >= 4 is 11.6 Å². The molecule has 3 atom stereocenters. The molecule has 6 heteroatoms. The third-order valence-electron chi connectivity index (χ3n) is 4.67.